The number of aliphatic hydroxyl groups is 1. The highest BCUT2D eigenvalue weighted by Crippen LogP contribution is 2.53. The van der Waals surface area contributed by atoms with E-state index in [0.29, 0.717) is 18.4 Å². The lowest BCUT2D eigenvalue weighted by Crippen LogP contribution is -2.44. The van der Waals surface area contributed by atoms with Crippen molar-refractivity contribution in [3.63, 3.8) is 0 Å². The van der Waals surface area contributed by atoms with E-state index in [-0.39, 0.29) is 37.4 Å². The predicted molar refractivity (Wildman–Crippen MR) is 110 cm³/mol. The minimum Gasteiger partial charge on any atom is -0.464 e. The summed E-state index contributed by atoms with van der Waals surface area (Å²) in [5.74, 6) is -1.52. The topological polar surface area (TPSA) is 76.1 Å². The van der Waals surface area contributed by atoms with Crippen molar-refractivity contribution >= 4 is 12.1 Å². The molecule has 0 bridgehead atoms. The van der Waals surface area contributed by atoms with Crippen LogP contribution in [0, 0.1) is 17.7 Å². The first-order chi connectivity index (χ1) is 14.9. The summed E-state index contributed by atoms with van der Waals surface area (Å²) in [7, 11) is 0. The summed E-state index contributed by atoms with van der Waals surface area (Å²) in [6, 6.07) is 14.2. The summed E-state index contributed by atoms with van der Waals surface area (Å²) < 4.78 is 24.1. The Kier molecular flexibility index (Phi) is 5.96. The van der Waals surface area contributed by atoms with Gasteiger partial charge < -0.3 is 14.6 Å². The Morgan fingerprint density at radius 3 is 2.52 bits per heavy atom. The van der Waals surface area contributed by atoms with Gasteiger partial charge in [0.2, 0.25) is 0 Å². The van der Waals surface area contributed by atoms with E-state index in [1.807, 2.05) is 30.3 Å². The lowest BCUT2D eigenvalue weighted by Gasteiger charge is -2.30. The Balaban J connectivity index is 1.57. The van der Waals surface area contributed by atoms with Crippen LogP contribution in [0.25, 0.3) is 0 Å². The van der Waals surface area contributed by atoms with E-state index in [2.05, 4.69) is 0 Å². The minimum atomic E-state index is -1.25. The highest BCUT2D eigenvalue weighted by molar-refractivity contribution is 5.83. The van der Waals surface area contributed by atoms with E-state index in [4.69, 9.17) is 9.47 Å². The van der Waals surface area contributed by atoms with Crippen molar-refractivity contribution in [1.82, 2.24) is 4.90 Å². The number of benzene rings is 2. The molecule has 1 aliphatic carbocycles. The molecular formula is C24H26FNO5. The third-order valence-corrected chi connectivity index (χ3v) is 6.44. The molecule has 4 rings (SSSR count). The quantitative estimate of drug-likeness (QED) is 0.738. The Morgan fingerprint density at radius 1 is 1.13 bits per heavy atom. The van der Waals surface area contributed by atoms with E-state index in [1.165, 1.54) is 17.0 Å². The minimum absolute atomic E-state index is 0.0866. The lowest BCUT2D eigenvalue weighted by atomic mass is 9.81. The Morgan fingerprint density at radius 2 is 1.84 bits per heavy atom. The van der Waals surface area contributed by atoms with Crippen LogP contribution in [0.3, 0.4) is 0 Å². The van der Waals surface area contributed by atoms with Crippen LogP contribution in [0.2, 0.25) is 0 Å². The van der Waals surface area contributed by atoms with E-state index in [1.54, 1.807) is 19.1 Å². The van der Waals surface area contributed by atoms with Crippen LogP contribution in [-0.2, 0) is 26.5 Å². The first-order valence-electron chi connectivity index (χ1n) is 10.6. The number of fused-ring (bicyclic) bond motifs is 1. The van der Waals surface area contributed by atoms with Crippen LogP contribution < -0.4 is 0 Å². The second-order valence-corrected chi connectivity index (χ2v) is 8.13. The molecule has 1 saturated carbocycles. The van der Waals surface area contributed by atoms with Gasteiger partial charge in [0.05, 0.1) is 12.2 Å². The number of esters is 1. The van der Waals surface area contributed by atoms with Crippen molar-refractivity contribution in [2.75, 3.05) is 13.2 Å². The average Bonchev–Trinajstić information content (AvgIpc) is 3.32. The monoisotopic (exact) mass is 427 g/mol. The van der Waals surface area contributed by atoms with E-state index >= 15 is 0 Å². The fourth-order valence-corrected chi connectivity index (χ4v) is 4.97. The maximum atomic E-state index is 13.4. The van der Waals surface area contributed by atoms with Gasteiger partial charge in [0, 0.05) is 12.5 Å². The molecule has 1 aliphatic heterocycles. The maximum absolute atomic E-state index is 13.4. The normalized spacial score (nSPS) is 27.1. The van der Waals surface area contributed by atoms with E-state index in [9.17, 15) is 19.1 Å². The molecular weight excluding hydrogens is 401 g/mol. The van der Waals surface area contributed by atoms with Crippen LogP contribution in [-0.4, -0.2) is 41.3 Å². The molecule has 0 radical (unpaired) electrons. The summed E-state index contributed by atoms with van der Waals surface area (Å²) in [5, 5.41) is 11.5. The zero-order valence-corrected chi connectivity index (χ0v) is 17.4. The van der Waals surface area contributed by atoms with E-state index < -0.39 is 23.7 Å². The van der Waals surface area contributed by atoms with Gasteiger partial charge in [-0.15, -0.1) is 0 Å². The van der Waals surface area contributed by atoms with Crippen LogP contribution in [0.4, 0.5) is 9.18 Å². The molecule has 2 aromatic rings. The molecule has 2 aliphatic rings. The van der Waals surface area contributed by atoms with Gasteiger partial charge in [0.15, 0.2) is 0 Å². The van der Waals surface area contributed by atoms with Crippen molar-refractivity contribution in [2.24, 2.45) is 11.8 Å². The molecule has 7 heteroatoms. The largest absolute Gasteiger partial charge is 0.464 e. The number of hydrogen-bond acceptors (Lipinski definition) is 5. The number of carbonyl (C=O) groups excluding carboxylic acids is 2. The standard InChI is InChI=1S/C24H26FNO5/c1-2-30-22(27)21-19-12-13-24(29,17-8-10-18(25)11-9-17)20(19)14-26(21)23(28)31-15-16-6-4-3-5-7-16/h3-11,19-21,29H,2,12-15H2,1H3/t19-,20-,21-,24?/m0/s1. The smallest absolute Gasteiger partial charge is 0.410 e. The molecule has 2 fully saturated rings. The number of halogens is 1. The second kappa shape index (κ2) is 8.67. The van der Waals surface area contributed by atoms with Crippen molar-refractivity contribution in [3.05, 3.63) is 71.5 Å². The number of carbonyl (C=O) groups is 2. The third kappa shape index (κ3) is 4.02. The van der Waals surface area contributed by atoms with E-state index in [0.717, 1.165) is 5.56 Å². The van der Waals surface area contributed by atoms with Crippen molar-refractivity contribution in [3.8, 4) is 0 Å². The lowest BCUT2D eigenvalue weighted by molar-refractivity contribution is -0.149. The van der Waals surface area contributed by atoms with Crippen LogP contribution in [0.5, 0.6) is 0 Å². The molecule has 0 spiro atoms. The van der Waals surface area contributed by atoms with Crippen molar-refractivity contribution in [1.29, 1.82) is 0 Å². The fraction of sp³-hybridized carbons (Fsp3) is 0.417. The fourth-order valence-electron chi connectivity index (χ4n) is 4.97. The zero-order chi connectivity index (χ0) is 22.0. The van der Waals surface area contributed by atoms with Crippen LogP contribution in [0.15, 0.2) is 54.6 Å². The molecule has 4 atom stereocenters. The first kappa shape index (κ1) is 21.3. The molecule has 1 saturated heterocycles. The average molecular weight is 427 g/mol. The zero-order valence-electron chi connectivity index (χ0n) is 17.4. The summed E-state index contributed by atoms with van der Waals surface area (Å²) in [6.07, 6.45) is 0.360. The van der Waals surface area contributed by atoms with Crippen molar-refractivity contribution < 1.29 is 28.6 Å². The Labute approximate surface area is 180 Å². The van der Waals surface area contributed by atoms with Crippen molar-refractivity contribution in [2.45, 2.75) is 38.0 Å². The summed E-state index contributed by atoms with van der Waals surface area (Å²) in [6.45, 7) is 2.16. The summed E-state index contributed by atoms with van der Waals surface area (Å²) in [4.78, 5) is 27.1. The molecule has 164 valence electrons. The van der Waals surface area contributed by atoms with Gasteiger partial charge in [-0.05, 0) is 48.9 Å². The van der Waals surface area contributed by atoms with Gasteiger partial charge >= 0.3 is 12.1 Å². The van der Waals surface area contributed by atoms with Gasteiger partial charge in [0.1, 0.15) is 18.5 Å². The predicted octanol–water partition coefficient (Wildman–Crippen LogP) is 3.62. The summed E-state index contributed by atoms with van der Waals surface area (Å²) >= 11 is 0. The van der Waals surface area contributed by atoms with Crippen LogP contribution >= 0.6 is 0 Å². The number of rotatable bonds is 5. The Hall–Kier alpha value is -2.93. The molecule has 2 aromatic carbocycles. The van der Waals surface area contributed by atoms with Gasteiger partial charge in [-0.1, -0.05) is 42.5 Å². The molecule has 1 N–H and O–H groups in total. The summed E-state index contributed by atoms with van der Waals surface area (Å²) in [5.41, 5.74) is 0.173. The number of amides is 1. The van der Waals surface area contributed by atoms with Gasteiger partial charge in [-0.2, -0.15) is 0 Å². The molecule has 1 heterocycles. The highest BCUT2D eigenvalue weighted by atomic mass is 19.1. The molecule has 0 aromatic heterocycles. The van der Waals surface area contributed by atoms with Gasteiger partial charge in [0.25, 0.3) is 0 Å². The maximum Gasteiger partial charge on any atom is 0.410 e. The second-order valence-electron chi connectivity index (χ2n) is 8.13. The number of ether oxygens (including phenoxy) is 2. The molecule has 31 heavy (non-hydrogen) atoms. The van der Waals surface area contributed by atoms with Gasteiger partial charge in [-0.3, -0.25) is 4.90 Å². The highest BCUT2D eigenvalue weighted by Gasteiger charge is 2.60. The molecule has 1 unspecified atom stereocenters. The number of likely N-dealkylation sites (tertiary alicyclic amines) is 1. The third-order valence-electron chi connectivity index (χ3n) is 6.44. The number of nitrogens with zero attached hydrogens (tertiary/aromatic N) is 1. The SMILES string of the molecule is CCOC(=O)[C@@H]1[C@H]2CCC(O)(c3ccc(F)cc3)[C@H]2CN1C(=O)OCc1ccccc1. The van der Waals surface area contributed by atoms with Gasteiger partial charge in [-0.25, -0.2) is 14.0 Å². The first-order valence-corrected chi connectivity index (χ1v) is 10.6. The number of hydrogen-bond donors (Lipinski definition) is 1. The Bertz CT molecular complexity index is 935. The molecule has 6 nitrogen and oxygen atoms in total. The van der Waals surface area contributed by atoms with Crippen LogP contribution in [0.1, 0.15) is 30.9 Å². The molecule has 1 amide bonds.